The standard InChI is InChI=1S/C49H41N3/c1-3-14-34(15-4-1)45-50-46(35-16-5-2-6-17-35)52-47(51-45)42-22-8-7-20-39(42)38-19-13-18-36(32-38)37-24-25-41-40-21-9-10-23-43(40)49(44(41)33-37)30-28-48(29-31-49)26-11-12-27-48/h1-10,13-25,32-33H,11-12,26-31H2/i30D2,31D2. The predicted octanol–water partition coefficient (Wildman–Crippen LogP) is 12.6. The van der Waals surface area contributed by atoms with Crippen molar-refractivity contribution in [1.82, 2.24) is 15.0 Å². The van der Waals surface area contributed by atoms with Crippen molar-refractivity contribution >= 4 is 0 Å². The van der Waals surface area contributed by atoms with Crippen LogP contribution >= 0.6 is 0 Å². The molecule has 0 atom stereocenters. The third-order valence-corrected chi connectivity index (χ3v) is 11.5. The fraction of sp³-hybridized carbons (Fsp3) is 0.204. The lowest BCUT2D eigenvalue weighted by atomic mass is 9.59. The van der Waals surface area contributed by atoms with E-state index in [1.165, 1.54) is 0 Å². The van der Waals surface area contributed by atoms with Crippen molar-refractivity contribution in [2.24, 2.45) is 5.41 Å². The molecule has 3 aliphatic rings. The van der Waals surface area contributed by atoms with Gasteiger partial charge in [0, 0.05) is 27.6 Å². The maximum absolute atomic E-state index is 9.86. The molecule has 0 amide bonds. The van der Waals surface area contributed by atoms with Crippen LogP contribution in [0.1, 0.15) is 67.9 Å². The van der Waals surface area contributed by atoms with Crippen LogP contribution in [0.3, 0.4) is 0 Å². The highest BCUT2D eigenvalue weighted by atomic mass is 15.0. The number of hydrogen-bond donors (Lipinski definition) is 0. The Bertz CT molecular complexity index is 2540. The van der Waals surface area contributed by atoms with Gasteiger partial charge < -0.3 is 0 Å². The lowest BCUT2D eigenvalue weighted by Gasteiger charge is -2.44. The Kier molecular flexibility index (Phi) is 6.51. The van der Waals surface area contributed by atoms with E-state index in [9.17, 15) is 5.48 Å². The number of benzene rings is 6. The summed E-state index contributed by atoms with van der Waals surface area (Å²) in [6.07, 6.45) is 1.06. The summed E-state index contributed by atoms with van der Waals surface area (Å²) >= 11 is 0. The molecule has 52 heavy (non-hydrogen) atoms. The second-order valence-corrected chi connectivity index (χ2v) is 14.6. The van der Waals surface area contributed by atoms with E-state index in [-0.39, 0.29) is 5.41 Å². The maximum atomic E-state index is 9.86. The summed E-state index contributed by atoms with van der Waals surface area (Å²) < 4.78 is 39.4. The van der Waals surface area contributed by atoms with E-state index in [1.54, 1.807) is 0 Å². The molecule has 2 fully saturated rings. The Labute approximate surface area is 312 Å². The highest BCUT2D eigenvalue weighted by Gasteiger charge is 2.49. The Morgan fingerprint density at radius 1 is 0.385 bits per heavy atom. The van der Waals surface area contributed by atoms with Crippen LogP contribution in [-0.4, -0.2) is 15.0 Å². The zero-order chi connectivity index (χ0) is 38.1. The monoisotopic (exact) mass is 675 g/mol. The van der Waals surface area contributed by atoms with Crippen LogP contribution in [0.4, 0.5) is 0 Å². The van der Waals surface area contributed by atoms with Crippen molar-refractivity contribution in [3.63, 3.8) is 0 Å². The van der Waals surface area contributed by atoms with Gasteiger partial charge in [-0.15, -0.1) is 0 Å². The fourth-order valence-corrected chi connectivity index (χ4v) is 8.81. The first kappa shape index (κ1) is 27.0. The Balaban J connectivity index is 1.10. The number of aromatic nitrogens is 3. The topological polar surface area (TPSA) is 38.7 Å². The number of fused-ring (bicyclic) bond motifs is 5. The molecule has 3 nitrogen and oxygen atoms in total. The summed E-state index contributed by atoms with van der Waals surface area (Å²) in [6, 6.07) is 50.8. The average Bonchev–Trinajstić information content (AvgIpc) is 3.80. The molecule has 0 N–H and O–H groups in total. The van der Waals surface area contributed by atoms with Gasteiger partial charge in [-0.1, -0.05) is 152 Å². The lowest BCUT2D eigenvalue weighted by molar-refractivity contribution is 0.152. The van der Waals surface area contributed by atoms with Crippen LogP contribution in [0, 0.1) is 5.41 Å². The number of nitrogens with zero attached hydrogens (tertiary/aromatic N) is 3. The summed E-state index contributed by atoms with van der Waals surface area (Å²) in [4.78, 5) is 15.0. The molecular weight excluding hydrogens is 631 g/mol. The molecule has 2 spiro atoms. The Morgan fingerprint density at radius 3 is 1.60 bits per heavy atom. The smallest absolute Gasteiger partial charge is 0.164 e. The molecule has 0 radical (unpaired) electrons. The van der Waals surface area contributed by atoms with Crippen molar-refractivity contribution in [3.8, 4) is 67.5 Å². The zero-order valence-electron chi connectivity index (χ0n) is 33.0. The van der Waals surface area contributed by atoms with E-state index in [0.29, 0.717) is 30.3 Å². The first-order valence-corrected chi connectivity index (χ1v) is 18.5. The first-order chi connectivity index (χ1) is 27.2. The van der Waals surface area contributed by atoms with E-state index < -0.39 is 18.2 Å². The molecule has 2 saturated carbocycles. The third kappa shape index (κ3) is 5.22. The molecule has 0 unspecified atom stereocenters. The van der Waals surface area contributed by atoms with Gasteiger partial charge in [0.2, 0.25) is 0 Å². The van der Waals surface area contributed by atoms with Crippen LogP contribution in [0.5, 0.6) is 0 Å². The second kappa shape index (κ2) is 12.5. The maximum Gasteiger partial charge on any atom is 0.164 e. The SMILES string of the molecule is [2H]C1([2H])CC2(CCCC2)CC([2H])([2H])C12c1ccccc1-c1ccc(-c3cccc(-c4ccccc4-c4nc(-c5ccccc5)nc(-c5ccccc5)n4)c3)cc12. The van der Waals surface area contributed by atoms with Crippen LogP contribution < -0.4 is 0 Å². The van der Waals surface area contributed by atoms with Gasteiger partial charge in [0.1, 0.15) is 0 Å². The van der Waals surface area contributed by atoms with Gasteiger partial charge >= 0.3 is 0 Å². The van der Waals surface area contributed by atoms with Crippen LogP contribution in [-0.2, 0) is 5.41 Å². The summed E-state index contributed by atoms with van der Waals surface area (Å²) in [5.74, 6) is 1.79. The van der Waals surface area contributed by atoms with E-state index in [1.807, 2.05) is 97.1 Å². The molecule has 1 heterocycles. The van der Waals surface area contributed by atoms with Crippen molar-refractivity contribution in [1.29, 1.82) is 0 Å². The fourth-order valence-electron chi connectivity index (χ4n) is 8.81. The quantitative estimate of drug-likeness (QED) is 0.182. The van der Waals surface area contributed by atoms with Crippen molar-refractivity contribution in [2.45, 2.75) is 56.7 Å². The molecule has 3 heteroatoms. The molecule has 7 aromatic rings. The number of rotatable bonds is 5. The summed E-state index contributed by atoms with van der Waals surface area (Å²) in [5.41, 5.74) is 8.27. The normalized spacial score (nSPS) is 19.6. The molecule has 3 aliphatic carbocycles. The van der Waals surface area contributed by atoms with E-state index in [0.717, 1.165) is 86.9 Å². The van der Waals surface area contributed by atoms with Crippen molar-refractivity contribution < 1.29 is 5.48 Å². The summed E-state index contributed by atoms with van der Waals surface area (Å²) in [7, 11) is 0. The van der Waals surface area contributed by atoms with Crippen LogP contribution in [0.15, 0.2) is 152 Å². The molecule has 0 aliphatic heterocycles. The van der Waals surface area contributed by atoms with Crippen LogP contribution in [0.2, 0.25) is 0 Å². The van der Waals surface area contributed by atoms with E-state index in [2.05, 4.69) is 54.6 Å². The van der Waals surface area contributed by atoms with Crippen molar-refractivity contribution in [3.05, 3.63) is 163 Å². The molecule has 6 aromatic carbocycles. The van der Waals surface area contributed by atoms with Gasteiger partial charge in [-0.3, -0.25) is 0 Å². The van der Waals surface area contributed by atoms with E-state index in [4.69, 9.17) is 15.0 Å². The first-order valence-electron chi connectivity index (χ1n) is 20.5. The Morgan fingerprint density at radius 2 is 0.904 bits per heavy atom. The second-order valence-electron chi connectivity index (χ2n) is 14.6. The van der Waals surface area contributed by atoms with E-state index >= 15 is 0 Å². The van der Waals surface area contributed by atoms with Gasteiger partial charge in [-0.25, -0.2) is 15.0 Å². The van der Waals surface area contributed by atoms with Gasteiger partial charge in [-0.2, -0.15) is 0 Å². The predicted molar refractivity (Wildman–Crippen MR) is 213 cm³/mol. The van der Waals surface area contributed by atoms with Gasteiger partial charge in [-0.05, 0) is 100 Å². The lowest BCUT2D eigenvalue weighted by Crippen LogP contribution is -2.35. The molecule has 10 rings (SSSR count). The zero-order valence-corrected chi connectivity index (χ0v) is 29.0. The van der Waals surface area contributed by atoms with Gasteiger partial charge in [0.05, 0.1) is 0 Å². The molecule has 252 valence electrons. The minimum absolute atomic E-state index is 0.294. The molecule has 1 aromatic heterocycles. The minimum Gasteiger partial charge on any atom is -0.208 e. The van der Waals surface area contributed by atoms with Crippen LogP contribution in [0.25, 0.3) is 67.5 Å². The average molecular weight is 676 g/mol. The van der Waals surface area contributed by atoms with Crippen molar-refractivity contribution in [2.75, 3.05) is 0 Å². The highest BCUT2D eigenvalue weighted by molar-refractivity contribution is 5.87. The summed E-state index contributed by atoms with van der Waals surface area (Å²) in [6.45, 7) is 0. The minimum atomic E-state index is -1.79. The van der Waals surface area contributed by atoms with Gasteiger partial charge in [0.25, 0.3) is 0 Å². The summed E-state index contributed by atoms with van der Waals surface area (Å²) in [5, 5.41) is 0. The largest absolute Gasteiger partial charge is 0.208 e. The molecule has 0 saturated heterocycles. The molecule has 0 bridgehead atoms. The Hall–Kier alpha value is -5.67. The number of hydrogen-bond acceptors (Lipinski definition) is 3. The highest BCUT2D eigenvalue weighted by Crippen LogP contribution is 2.61. The molecular formula is C49H41N3. The van der Waals surface area contributed by atoms with Gasteiger partial charge in [0.15, 0.2) is 17.5 Å². The third-order valence-electron chi connectivity index (χ3n) is 11.5.